The number of rotatable bonds is 12. The highest BCUT2D eigenvalue weighted by molar-refractivity contribution is 7.92. The summed E-state index contributed by atoms with van der Waals surface area (Å²) in [6.45, 7) is 2.64. The fraction of sp³-hybridized carbons (Fsp3) is 0.212. The van der Waals surface area contributed by atoms with Gasteiger partial charge >= 0.3 is 0 Å². The molecule has 0 unspecified atom stereocenters. The average molecular weight is 622 g/mol. The van der Waals surface area contributed by atoms with Gasteiger partial charge in [0.1, 0.15) is 18.4 Å². The molecule has 1 atom stereocenters. The van der Waals surface area contributed by atoms with Crippen molar-refractivity contribution in [3.63, 3.8) is 0 Å². The topological polar surface area (TPSA) is 86.8 Å². The monoisotopic (exact) mass is 621 g/mol. The number of carbonyl (C=O) groups is 2. The highest BCUT2D eigenvalue weighted by Crippen LogP contribution is 2.31. The van der Waals surface area contributed by atoms with E-state index in [4.69, 9.17) is 11.6 Å². The van der Waals surface area contributed by atoms with Crippen molar-refractivity contribution in [3.05, 3.63) is 131 Å². The van der Waals surface area contributed by atoms with E-state index in [1.807, 2.05) is 30.3 Å². The van der Waals surface area contributed by atoms with E-state index in [-0.39, 0.29) is 40.2 Å². The van der Waals surface area contributed by atoms with Crippen molar-refractivity contribution in [2.24, 2.45) is 0 Å². The van der Waals surface area contributed by atoms with Crippen LogP contribution in [0.3, 0.4) is 0 Å². The Balaban J connectivity index is 1.82. The first-order chi connectivity index (χ1) is 20.6. The Morgan fingerprint density at radius 2 is 1.42 bits per heavy atom. The number of amides is 2. The third kappa shape index (κ3) is 8.00. The minimum Gasteiger partial charge on any atom is -0.352 e. The van der Waals surface area contributed by atoms with Gasteiger partial charge in [-0.3, -0.25) is 13.9 Å². The second-order valence-corrected chi connectivity index (χ2v) is 12.5. The lowest BCUT2D eigenvalue weighted by molar-refractivity contribution is -0.140. The van der Waals surface area contributed by atoms with E-state index in [2.05, 4.69) is 5.32 Å². The lowest BCUT2D eigenvalue weighted by Gasteiger charge is -2.34. The van der Waals surface area contributed by atoms with Crippen LogP contribution in [0.4, 0.5) is 10.1 Å². The van der Waals surface area contributed by atoms with E-state index in [9.17, 15) is 22.4 Å². The van der Waals surface area contributed by atoms with Crippen molar-refractivity contribution >= 4 is 39.1 Å². The standard InChI is InChI=1S/C33H33ClFN3O4S/c1-24(2)36-33(40)31(21-25-13-5-3-6-14-25)37(22-26-15-9-11-19-29(26)35)32(39)23-38(30-20-12-10-18-28(30)34)43(41,42)27-16-7-4-8-17-27/h3-20,24,31H,21-23H2,1-2H3,(H,36,40)/t31-/m1/s1. The van der Waals surface area contributed by atoms with Crippen LogP contribution in [0.2, 0.25) is 5.02 Å². The summed E-state index contributed by atoms with van der Waals surface area (Å²) < 4.78 is 43.8. The van der Waals surface area contributed by atoms with Gasteiger partial charge in [0.2, 0.25) is 11.8 Å². The number of carbonyl (C=O) groups excluding carboxylic acids is 2. The first kappa shape index (κ1) is 31.7. The number of benzene rings is 4. The molecular formula is C33H33ClFN3O4S. The molecule has 0 heterocycles. The molecule has 0 radical (unpaired) electrons. The van der Waals surface area contributed by atoms with Gasteiger partial charge in [0.15, 0.2) is 0 Å². The van der Waals surface area contributed by atoms with E-state index in [1.165, 1.54) is 47.4 Å². The van der Waals surface area contributed by atoms with Crippen molar-refractivity contribution < 1.29 is 22.4 Å². The fourth-order valence-corrected chi connectivity index (χ4v) is 6.37. The third-order valence-electron chi connectivity index (χ3n) is 6.73. The maximum absolute atomic E-state index is 14.9. The van der Waals surface area contributed by atoms with Gasteiger partial charge in [0.25, 0.3) is 10.0 Å². The Bertz CT molecular complexity index is 1650. The predicted molar refractivity (Wildman–Crippen MR) is 167 cm³/mol. The molecule has 0 saturated carbocycles. The second kappa shape index (κ2) is 14.3. The van der Waals surface area contributed by atoms with Gasteiger partial charge in [-0.2, -0.15) is 0 Å². The molecule has 0 fully saturated rings. The molecule has 0 aliphatic heterocycles. The van der Waals surface area contributed by atoms with Crippen LogP contribution in [0.5, 0.6) is 0 Å². The maximum Gasteiger partial charge on any atom is 0.264 e. The van der Waals surface area contributed by atoms with Gasteiger partial charge in [0.05, 0.1) is 15.6 Å². The highest BCUT2D eigenvalue weighted by atomic mass is 35.5. The fourth-order valence-electron chi connectivity index (χ4n) is 4.63. The first-order valence-electron chi connectivity index (χ1n) is 13.8. The Morgan fingerprint density at radius 1 is 0.837 bits per heavy atom. The molecule has 0 aromatic heterocycles. The smallest absolute Gasteiger partial charge is 0.264 e. The number of para-hydroxylation sites is 1. The summed E-state index contributed by atoms with van der Waals surface area (Å²) in [5, 5.41) is 2.99. The van der Waals surface area contributed by atoms with Crippen LogP contribution in [0, 0.1) is 5.82 Å². The Labute approximate surface area is 257 Å². The molecule has 4 aromatic carbocycles. The molecule has 2 amide bonds. The molecule has 0 aliphatic carbocycles. The van der Waals surface area contributed by atoms with Crippen LogP contribution in [0.15, 0.2) is 114 Å². The van der Waals surface area contributed by atoms with Gasteiger partial charge in [-0.15, -0.1) is 0 Å². The molecule has 0 aliphatic rings. The summed E-state index contributed by atoms with van der Waals surface area (Å²) in [4.78, 5) is 29.2. The van der Waals surface area contributed by atoms with E-state index in [0.29, 0.717) is 0 Å². The average Bonchev–Trinajstić information content (AvgIpc) is 2.99. The molecule has 43 heavy (non-hydrogen) atoms. The summed E-state index contributed by atoms with van der Waals surface area (Å²) in [6.07, 6.45) is 0.122. The van der Waals surface area contributed by atoms with Crippen molar-refractivity contribution in [2.45, 2.75) is 43.8 Å². The molecule has 4 rings (SSSR count). The Hall–Kier alpha value is -4.21. The molecule has 7 nitrogen and oxygen atoms in total. The van der Waals surface area contributed by atoms with Crippen molar-refractivity contribution in [1.29, 1.82) is 0 Å². The minimum atomic E-state index is -4.28. The summed E-state index contributed by atoms with van der Waals surface area (Å²) in [7, 11) is -4.28. The molecule has 4 aromatic rings. The zero-order valence-electron chi connectivity index (χ0n) is 23.9. The SMILES string of the molecule is CC(C)NC(=O)[C@@H](Cc1ccccc1)N(Cc1ccccc1F)C(=O)CN(c1ccccc1Cl)S(=O)(=O)c1ccccc1. The number of sulfonamides is 1. The lowest BCUT2D eigenvalue weighted by atomic mass is 10.0. The quantitative estimate of drug-likeness (QED) is 0.215. The van der Waals surface area contributed by atoms with Gasteiger partial charge in [0, 0.05) is 24.6 Å². The van der Waals surface area contributed by atoms with E-state index in [0.717, 1.165) is 9.87 Å². The maximum atomic E-state index is 14.9. The molecule has 0 saturated heterocycles. The van der Waals surface area contributed by atoms with Gasteiger partial charge in [-0.05, 0) is 49.7 Å². The Morgan fingerprint density at radius 3 is 2.05 bits per heavy atom. The summed E-state index contributed by atoms with van der Waals surface area (Å²) >= 11 is 6.46. The van der Waals surface area contributed by atoms with E-state index in [1.54, 1.807) is 50.2 Å². The molecule has 10 heteroatoms. The summed E-state index contributed by atoms with van der Waals surface area (Å²) in [5.74, 6) is -1.70. The molecular weight excluding hydrogens is 589 g/mol. The number of nitrogens with one attached hydrogen (secondary N) is 1. The summed E-state index contributed by atoms with van der Waals surface area (Å²) in [5.41, 5.74) is 1.05. The molecule has 224 valence electrons. The van der Waals surface area contributed by atoms with Crippen LogP contribution in [-0.2, 0) is 32.6 Å². The number of hydrogen-bond acceptors (Lipinski definition) is 4. The third-order valence-corrected chi connectivity index (χ3v) is 8.83. The van der Waals surface area contributed by atoms with Gasteiger partial charge < -0.3 is 10.2 Å². The van der Waals surface area contributed by atoms with Crippen molar-refractivity contribution in [1.82, 2.24) is 10.2 Å². The minimum absolute atomic E-state index is 0.0400. The number of anilines is 1. The largest absolute Gasteiger partial charge is 0.352 e. The normalized spacial score (nSPS) is 12.0. The van der Waals surface area contributed by atoms with Crippen LogP contribution in [-0.4, -0.2) is 43.8 Å². The van der Waals surface area contributed by atoms with Crippen molar-refractivity contribution in [2.75, 3.05) is 10.8 Å². The van der Waals surface area contributed by atoms with Gasteiger partial charge in [-0.1, -0.05) is 90.5 Å². The predicted octanol–water partition coefficient (Wildman–Crippen LogP) is 5.84. The van der Waals surface area contributed by atoms with E-state index >= 15 is 0 Å². The zero-order chi connectivity index (χ0) is 31.0. The number of halogens is 2. The molecule has 0 spiro atoms. The van der Waals surface area contributed by atoms with Crippen molar-refractivity contribution in [3.8, 4) is 0 Å². The van der Waals surface area contributed by atoms with Crippen LogP contribution in [0.1, 0.15) is 25.0 Å². The zero-order valence-corrected chi connectivity index (χ0v) is 25.4. The highest BCUT2D eigenvalue weighted by Gasteiger charge is 2.35. The Kier molecular flexibility index (Phi) is 10.6. The van der Waals surface area contributed by atoms with Crippen LogP contribution < -0.4 is 9.62 Å². The lowest BCUT2D eigenvalue weighted by Crippen LogP contribution is -2.54. The number of nitrogens with zero attached hydrogens (tertiary/aromatic N) is 2. The van der Waals surface area contributed by atoms with Gasteiger partial charge in [-0.25, -0.2) is 12.8 Å². The summed E-state index contributed by atoms with van der Waals surface area (Å²) in [6, 6.07) is 27.8. The first-order valence-corrected chi connectivity index (χ1v) is 15.6. The number of hydrogen-bond donors (Lipinski definition) is 1. The second-order valence-electron chi connectivity index (χ2n) is 10.3. The van der Waals surface area contributed by atoms with Crippen LogP contribution >= 0.6 is 11.6 Å². The molecule has 0 bridgehead atoms. The van der Waals surface area contributed by atoms with Crippen LogP contribution in [0.25, 0.3) is 0 Å². The van der Waals surface area contributed by atoms with E-state index < -0.39 is 40.2 Å². The molecule has 1 N–H and O–H groups in total.